The maximum absolute atomic E-state index is 15.1. The van der Waals surface area contributed by atoms with E-state index in [9.17, 15) is 14.4 Å². The summed E-state index contributed by atoms with van der Waals surface area (Å²) in [6.07, 6.45) is 11.8. The van der Waals surface area contributed by atoms with Gasteiger partial charge in [-0.25, -0.2) is 4.39 Å². The van der Waals surface area contributed by atoms with E-state index in [0.29, 0.717) is 56.1 Å². The Balaban J connectivity index is 0.855. The number of carbonyl (C=O) groups excluding carboxylic acids is 3. The van der Waals surface area contributed by atoms with Crippen molar-refractivity contribution in [3.63, 3.8) is 0 Å². The largest absolute Gasteiger partial charge is 0.375 e. The second kappa shape index (κ2) is 17.6. The monoisotopic (exact) mass is 753 g/mol. The molecule has 0 atom stereocenters. The molecular weight excluding hydrogens is 698 g/mol. The highest BCUT2D eigenvalue weighted by Gasteiger charge is 2.33. The zero-order valence-corrected chi connectivity index (χ0v) is 32.0. The molecule has 0 radical (unpaired) electrons. The van der Waals surface area contributed by atoms with Crippen LogP contribution in [-0.4, -0.2) is 120 Å². The number of piperidine rings is 2. The van der Waals surface area contributed by atoms with Crippen molar-refractivity contribution < 1.29 is 23.5 Å². The number of hydrogen-bond acceptors (Lipinski definition) is 8. The summed E-state index contributed by atoms with van der Waals surface area (Å²) >= 11 is 0. The number of nitrogens with one attached hydrogen (secondary N) is 2. The second-order valence-electron chi connectivity index (χ2n) is 16.1. The van der Waals surface area contributed by atoms with Crippen molar-refractivity contribution in [2.45, 2.75) is 89.3 Å². The van der Waals surface area contributed by atoms with Crippen molar-refractivity contribution in [2.24, 2.45) is 11.7 Å². The molecule has 12 heteroatoms. The highest BCUT2D eigenvalue weighted by atomic mass is 19.1. The topological polar surface area (TPSA) is 147 Å². The van der Waals surface area contributed by atoms with Crippen molar-refractivity contribution in [2.75, 3.05) is 58.9 Å². The van der Waals surface area contributed by atoms with E-state index >= 15 is 4.39 Å². The molecule has 3 heterocycles. The van der Waals surface area contributed by atoms with Crippen LogP contribution >= 0.6 is 0 Å². The molecule has 0 unspecified atom stereocenters. The van der Waals surface area contributed by atoms with E-state index in [1.807, 2.05) is 4.90 Å². The van der Waals surface area contributed by atoms with Gasteiger partial charge in [-0.15, -0.1) is 0 Å². The van der Waals surface area contributed by atoms with Crippen LogP contribution in [0.1, 0.15) is 102 Å². The Morgan fingerprint density at radius 1 is 0.727 bits per heavy atom. The molecule has 0 spiro atoms. The molecule has 3 saturated heterocycles. The standard InChI is InChI=1S/C43H56FN7O4/c44-37-13-10-29(27-38(45)34-8-4-5-9-35(34)41(47)52)26-36(37)42(53)51-24-22-49(23-25-51)39(30-11-12-30)28-48-18-14-32(15-19-48)55-33-16-20-50(21-17-33)43(54)40(46)31-6-2-1-3-7-31/h4-5,8-10,13,26,31-33,45-46H,1-3,6-7,11-12,14-25,27-28H2,(H2,47,52). The second-order valence-corrected chi connectivity index (χ2v) is 16.1. The fraction of sp³-hybridized carbons (Fsp3) is 0.558. The van der Waals surface area contributed by atoms with Gasteiger partial charge in [0.15, 0.2) is 0 Å². The van der Waals surface area contributed by atoms with E-state index in [1.54, 1.807) is 35.2 Å². The quantitative estimate of drug-likeness (QED) is 0.247. The predicted molar refractivity (Wildman–Crippen MR) is 210 cm³/mol. The summed E-state index contributed by atoms with van der Waals surface area (Å²) in [5.74, 6) is -1.46. The summed E-state index contributed by atoms with van der Waals surface area (Å²) in [6.45, 7) is 6.58. The number of hydrogen-bond donors (Lipinski definition) is 3. The first-order valence-electron chi connectivity index (χ1n) is 20.4. The predicted octanol–water partition coefficient (Wildman–Crippen LogP) is 5.41. The van der Waals surface area contributed by atoms with Crippen molar-refractivity contribution in [1.29, 1.82) is 10.8 Å². The summed E-state index contributed by atoms with van der Waals surface area (Å²) in [7, 11) is 0. The molecule has 11 nitrogen and oxygen atoms in total. The molecule has 294 valence electrons. The number of halogens is 1. The number of amides is 3. The van der Waals surface area contributed by atoms with E-state index in [4.69, 9.17) is 21.3 Å². The first-order valence-corrected chi connectivity index (χ1v) is 20.4. The Morgan fingerprint density at radius 2 is 1.35 bits per heavy atom. The van der Waals surface area contributed by atoms with E-state index < -0.39 is 11.7 Å². The van der Waals surface area contributed by atoms with E-state index in [1.165, 1.54) is 29.8 Å². The number of piperazine rings is 1. The number of rotatable bonds is 12. The van der Waals surface area contributed by atoms with Crippen LogP contribution in [-0.2, 0) is 16.0 Å². The van der Waals surface area contributed by atoms with Gasteiger partial charge in [-0.3, -0.25) is 24.7 Å². The fourth-order valence-electron chi connectivity index (χ4n) is 8.86. The van der Waals surface area contributed by atoms with Gasteiger partial charge >= 0.3 is 0 Å². The highest BCUT2D eigenvalue weighted by molar-refractivity contribution is 6.38. The first kappa shape index (κ1) is 38.8. The van der Waals surface area contributed by atoms with Gasteiger partial charge in [-0.1, -0.05) is 43.5 Å². The fourth-order valence-corrected chi connectivity index (χ4v) is 8.86. The summed E-state index contributed by atoms with van der Waals surface area (Å²) in [5, 5.41) is 17.1. The lowest BCUT2D eigenvalue weighted by molar-refractivity contribution is -0.128. The Hall–Kier alpha value is -4.42. The molecule has 2 aromatic rings. The molecular formula is C43H56FN7O4. The number of allylic oxidation sites excluding steroid dienone is 1. The van der Waals surface area contributed by atoms with Crippen LogP contribution in [0.2, 0.25) is 0 Å². The third kappa shape index (κ3) is 9.52. The molecule has 2 aromatic carbocycles. The molecule has 2 saturated carbocycles. The van der Waals surface area contributed by atoms with Crippen LogP contribution in [0.4, 0.5) is 4.39 Å². The number of nitrogens with zero attached hydrogens (tertiary/aromatic N) is 4. The minimum absolute atomic E-state index is 0.00185. The van der Waals surface area contributed by atoms with Crippen LogP contribution in [0.5, 0.6) is 0 Å². The van der Waals surface area contributed by atoms with Crippen molar-refractivity contribution >= 4 is 29.1 Å². The van der Waals surface area contributed by atoms with Gasteiger partial charge < -0.3 is 30.6 Å². The van der Waals surface area contributed by atoms with Crippen LogP contribution in [0.3, 0.4) is 0 Å². The zero-order chi connectivity index (χ0) is 38.5. The average Bonchev–Trinajstić information content (AvgIpc) is 4.07. The number of carbonyl (C=O) groups is 3. The van der Waals surface area contributed by atoms with E-state index in [-0.39, 0.29) is 53.2 Å². The first-order chi connectivity index (χ1) is 26.6. The van der Waals surface area contributed by atoms with Gasteiger partial charge in [0, 0.05) is 93.8 Å². The van der Waals surface area contributed by atoms with Crippen molar-refractivity contribution in [3.8, 4) is 0 Å². The molecule has 0 aromatic heterocycles. The third-order valence-electron chi connectivity index (χ3n) is 12.3. The Labute approximate surface area is 324 Å². The maximum Gasteiger partial charge on any atom is 0.267 e. The third-order valence-corrected chi connectivity index (χ3v) is 12.3. The van der Waals surface area contributed by atoms with Crippen LogP contribution in [0, 0.1) is 22.6 Å². The summed E-state index contributed by atoms with van der Waals surface area (Å²) < 4.78 is 21.6. The lowest BCUT2D eigenvalue weighted by atomic mass is 9.85. The van der Waals surface area contributed by atoms with Crippen LogP contribution < -0.4 is 5.73 Å². The van der Waals surface area contributed by atoms with Crippen LogP contribution in [0.25, 0.3) is 0 Å². The van der Waals surface area contributed by atoms with E-state index in [2.05, 4.69) is 9.80 Å². The van der Waals surface area contributed by atoms with Gasteiger partial charge in [0.05, 0.1) is 23.5 Å². The molecule has 0 bridgehead atoms. The number of likely N-dealkylation sites (tertiary alicyclic amines) is 2. The molecule has 5 fully saturated rings. The number of nitrogens with two attached hydrogens (primary N) is 1. The van der Waals surface area contributed by atoms with Gasteiger partial charge in [0.2, 0.25) is 5.91 Å². The van der Waals surface area contributed by atoms with Gasteiger partial charge in [-0.05, 0) is 80.7 Å². The van der Waals surface area contributed by atoms with Crippen molar-refractivity contribution in [3.05, 3.63) is 81.8 Å². The van der Waals surface area contributed by atoms with Crippen LogP contribution in [0.15, 0.2) is 53.7 Å². The molecule has 5 aliphatic rings. The maximum atomic E-state index is 15.1. The summed E-state index contributed by atoms with van der Waals surface area (Å²) in [4.78, 5) is 47.1. The smallest absolute Gasteiger partial charge is 0.267 e. The number of benzene rings is 2. The molecule has 7 rings (SSSR count). The van der Waals surface area contributed by atoms with Gasteiger partial charge in [0.1, 0.15) is 5.82 Å². The average molecular weight is 754 g/mol. The summed E-state index contributed by atoms with van der Waals surface area (Å²) in [5.41, 5.74) is 10.2. The SMILES string of the molecule is N=C(Cc1ccc(F)c(C(=O)N2CCN(C(CN3CCC(OC4CCN(C(=O)C(=N)C5CCCCC5)CC4)CC3)=C3CC3)CC2)c1)c1ccccc1C(N)=O. The summed E-state index contributed by atoms with van der Waals surface area (Å²) in [6, 6.07) is 11.1. The molecule has 2 aliphatic carbocycles. The lowest BCUT2D eigenvalue weighted by Crippen LogP contribution is -2.50. The van der Waals surface area contributed by atoms with Gasteiger partial charge in [-0.2, -0.15) is 0 Å². The number of ether oxygens (including phenoxy) is 1. The molecule has 3 amide bonds. The molecule has 55 heavy (non-hydrogen) atoms. The highest BCUT2D eigenvalue weighted by Crippen LogP contribution is 2.35. The normalized spacial score (nSPS) is 20.4. The lowest BCUT2D eigenvalue weighted by Gasteiger charge is -2.41. The zero-order valence-electron chi connectivity index (χ0n) is 32.0. The number of primary amides is 1. The molecule has 3 aliphatic heterocycles. The minimum Gasteiger partial charge on any atom is -0.375 e. The van der Waals surface area contributed by atoms with Gasteiger partial charge in [0.25, 0.3) is 11.8 Å². The Morgan fingerprint density at radius 3 is 1.98 bits per heavy atom. The van der Waals surface area contributed by atoms with E-state index in [0.717, 1.165) is 83.8 Å². The Kier molecular flexibility index (Phi) is 12.4. The molecule has 4 N–H and O–H groups in total. The van der Waals surface area contributed by atoms with Crippen molar-refractivity contribution in [1.82, 2.24) is 19.6 Å². The minimum atomic E-state index is -0.615. The Bertz CT molecular complexity index is 1790.